The number of pyridine rings is 1. The van der Waals surface area contributed by atoms with Crippen molar-refractivity contribution in [1.82, 2.24) is 20.1 Å². The maximum Gasteiger partial charge on any atom is 0.255 e. The van der Waals surface area contributed by atoms with Gasteiger partial charge in [-0.1, -0.05) is 24.9 Å². The first-order valence-electron chi connectivity index (χ1n) is 10.3. The van der Waals surface area contributed by atoms with Gasteiger partial charge in [0.2, 0.25) is 0 Å². The Morgan fingerprint density at radius 1 is 1.27 bits per heavy atom. The van der Waals surface area contributed by atoms with Crippen LogP contribution >= 0.6 is 23.4 Å². The van der Waals surface area contributed by atoms with Gasteiger partial charge in [-0.05, 0) is 62.1 Å². The number of rotatable bonds is 8. The fourth-order valence-electron chi connectivity index (χ4n) is 3.39. The lowest BCUT2D eigenvalue weighted by Crippen LogP contribution is -2.29. The normalized spacial score (nSPS) is 14.5. The number of nitrogens with one attached hydrogen (secondary N) is 1. The fraction of sp³-hybridized carbons (Fsp3) is 0.348. The molecule has 1 amide bonds. The first-order valence-corrected chi connectivity index (χ1v) is 11.5. The molecule has 1 N–H and O–H groups in total. The quantitative estimate of drug-likeness (QED) is 0.484. The van der Waals surface area contributed by atoms with Crippen LogP contribution in [-0.2, 0) is 0 Å². The zero-order valence-corrected chi connectivity index (χ0v) is 18.7. The predicted octanol–water partition coefficient (Wildman–Crippen LogP) is 5.75. The van der Waals surface area contributed by atoms with E-state index in [2.05, 4.69) is 28.4 Å². The van der Waals surface area contributed by atoms with Gasteiger partial charge in [-0.25, -0.2) is 4.68 Å². The molecule has 1 aliphatic carbocycles. The highest BCUT2D eigenvalue weighted by Crippen LogP contribution is 2.39. The van der Waals surface area contributed by atoms with E-state index < -0.39 is 0 Å². The number of halogens is 1. The molecule has 3 aromatic rings. The van der Waals surface area contributed by atoms with Gasteiger partial charge in [0.05, 0.1) is 29.2 Å². The van der Waals surface area contributed by atoms with Gasteiger partial charge in [-0.15, -0.1) is 11.8 Å². The van der Waals surface area contributed by atoms with E-state index in [1.165, 1.54) is 17.7 Å². The number of nitrogens with zero attached hydrogens (tertiary/aromatic N) is 3. The van der Waals surface area contributed by atoms with Crippen LogP contribution in [-0.4, -0.2) is 25.9 Å². The van der Waals surface area contributed by atoms with Crippen molar-refractivity contribution >= 4 is 29.3 Å². The lowest BCUT2D eigenvalue weighted by Gasteiger charge is -2.19. The van der Waals surface area contributed by atoms with Crippen molar-refractivity contribution in [2.24, 2.45) is 0 Å². The van der Waals surface area contributed by atoms with E-state index in [0.29, 0.717) is 10.6 Å². The highest BCUT2D eigenvalue weighted by atomic mass is 35.5. The SMILES string of the molecule is CCCC(NC(=O)c1cnn(-c2ccc(Cl)cc2)c1C)c1cncc(SC2CC2)c1. The van der Waals surface area contributed by atoms with E-state index in [1.807, 2.05) is 55.3 Å². The van der Waals surface area contributed by atoms with E-state index in [-0.39, 0.29) is 11.9 Å². The number of aromatic nitrogens is 3. The molecule has 0 aliphatic heterocycles. The highest BCUT2D eigenvalue weighted by Gasteiger charge is 2.24. The molecule has 1 aliphatic rings. The minimum atomic E-state index is -0.119. The number of hydrogen-bond acceptors (Lipinski definition) is 4. The smallest absolute Gasteiger partial charge is 0.255 e. The molecule has 2 aromatic heterocycles. The van der Waals surface area contributed by atoms with Crippen molar-refractivity contribution in [3.05, 3.63) is 70.8 Å². The van der Waals surface area contributed by atoms with Crippen LogP contribution in [0.1, 0.15) is 60.3 Å². The van der Waals surface area contributed by atoms with E-state index >= 15 is 0 Å². The van der Waals surface area contributed by atoms with Crippen LogP contribution in [0, 0.1) is 6.92 Å². The molecule has 1 unspecified atom stereocenters. The van der Waals surface area contributed by atoms with E-state index in [1.54, 1.807) is 10.9 Å². The third-order valence-corrected chi connectivity index (χ3v) is 6.72. The van der Waals surface area contributed by atoms with Crippen molar-refractivity contribution in [2.45, 2.75) is 55.7 Å². The topological polar surface area (TPSA) is 59.8 Å². The molecule has 1 atom stereocenters. The first-order chi connectivity index (χ1) is 14.5. The van der Waals surface area contributed by atoms with Crippen molar-refractivity contribution in [2.75, 3.05) is 0 Å². The molecule has 4 rings (SSSR count). The molecular formula is C23H25ClN4OS. The minimum absolute atomic E-state index is 0.0759. The fourth-order valence-corrected chi connectivity index (χ4v) is 4.60. The van der Waals surface area contributed by atoms with E-state index in [9.17, 15) is 4.79 Å². The Hall–Kier alpha value is -2.31. The van der Waals surface area contributed by atoms with E-state index in [0.717, 1.165) is 35.0 Å². The molecule has 0 bridgehead atoms. The van der Waals surface area contributed by atoms with Crippen LogP contribution in [0.4, 0.5) is 0 Å². The standard InChI is InChI=1S/C23H25ClN4OS/c1-3-4-22(16-11-20(13-25-12-16)30-19-9-10-19)27-23(29)21-14-26-28(15(21)2)18-7-5-17(24)6-8-18/h5-8,11-14,19,22H,3-4,9-10H2,1-2H3,(H,27,29). The first kappa shape index (κ1) is 20.9. The molecule has 0 spiro atoms. The minimum Gasteiger partial charge on any atom is -0.345 e. The van der Waals surface area contributed by atoms with Crippen LogP contribution in [0.25, 0.3) is 5.69 Å². The number of amides is 1. The van der Waals surface area contributed by atoms with Crippen molar-refractivity contribution in [3.63, 3.8) is 0 Å². The summed E-state index contributed by atoms with van der Waals surface area (Å²) in [5.74, 6) is -0.119. The number of thioether (sulfide) groups is 1. The monoisotopic (exact) mass is 440 g/mol. The summed E-state index contributed by atoms with van der Waals surface area (Å²) in [6.07, 6.45) is 9.78. The van der Waals surface area contributed by atoms with Crippen LogP contribution in [0.5, 0.6) is 0 Å². The highest BCUT2D eigenvalue weighted by molar-refractivity contribution is 8.00. The summed E-state index contributed by atoms with van der Waals surface area (Å²) in [7, 11) is 0. The third-order valence-electron chi connectivity index (χ3n) is 5.17. The third kappa shape index (κ3) is 4.87. The van der Waals surface area contributed by atoms with Crippen molar-refractivity contribution < 1.29 is 4.79 Å². The van der Waals surface area contributed by atoms with Crippen molar-refractivity contribution in [1.29, 1.82) is 0 Å². The summed E-state index contributed by atoms with van der Waals surface area (Å²) in [6, 6.07) is 9.49. The molecule has 2 heterocycles. The largest absolute Gasteiger partial charge is 0.345 e. The average Bonchev–Trinajstić information content (AvgIpc) is 3.47. The molecule has 0 saturated heterocycles. The number of benzene rings is 1. The Kier molecular flexibility index (Phi) is 6.44. The maximum absolute atomic E-state index is 13.1. The summed E-state index contributed by atoms with van der Waals surface area (Å²) in [5, 5.41) is 9.00. The van der Waals surface area contributed by atoms with Gasteiger partial charge in [-0.2, -0.15) is 5.10 Å². The van der Waals surface area contributed by atoms with E-state index in [4.69, 9.17) is 11.6 Å². The molecule has 1 saturated carbocycles. The van der Waals surface area contributed by atoms with Gasteiger partial charge in [0, 0.05) is 27.6 Å². The van der Waals surface area contributed by atoms with Gasteiger partial charge in [-0.3, -0.25) is 9.78 Å². The van der Waals surface area contributed by atoms with Gasteiger partial charge >= 0.3 is 0 Å². The summed E-state index contributed by atoms with van der Waals surface area (Å²) >= 11 is 7.86. The average molecular weight is 441 g/mol. The van der Waals surface area contributed by atoms with Crippen molar-refractivity contribution in [3.8, 4) is 5.69 Å². The van der Waals surface area contributed by atoms with Crippen LogP contribution < -0.4 is 5.32 Å². The second-order valence-electron chi connectivity index (χ2n) is 7.62. The zero-order valence-electron chi connectivity index (χ0n) is 17.1. The molecule has 1 fully saturated rings. The van der Waals surface area contributed by atoms with Gasteiger partial charge < -0.3 is 5.32 Å². The zero-order chi connectivity index (χ0) is 21.1. The Labute approximate surface area is 186 Å². The Morgan fingerprint density at radius 3 is 2.73 bits per heavy atom. The summed E-state index contributed by atoms with van der Waals surface area (Å²) < 4.78 is 1.76. The molecular weight excluding hydrogens is 416 g/mol. The van der Waals surface area contributed by atoms with Gasteiger partial charge in [0.15, 0.2) is 0 Å². The molecule has 0 radical (unpaired) electrons. The van der Waals surface area contributed by atoms with Gasteiger partial charge in [0.1, 0.15) is 0 Å². The maximum atomic E-state index is 13.1. The Morgan fingerprint density at radius 2 is 2.03 bits per heavy atom. The number of carbonyl (C=O) groups excluding carboxylic acids is 1. The number of carbonyl (C=O) groups is 1. The second-order valence-corrected chi connectivity index (χ2v) is 9.43. The predicted molar refractivity (Wildman–Crippen MR) is 122 cm³/mol. The Bertz CT molecular complexity index is 1030. The second kappa shape index (κ2) is 9.23. The number of hydrogen-bond donors (Lipinski definition) is 1. The van der Waals surface area contributed by atoms with Crippen LogP contribution in [0.15, 0.2) is 53.8 Å². The molecule has 30 heavy (non-hydrogen) atoms. The van der Waals surface area contributed by atoms with Crippen LogP contribution in [0.3, 0.4) is 0 Å². The lowest BCUT2D eigenvalue weighted by atomic mass is 10.0. The molecule has 7 heteroatoms. The lowest BCUT2D eigenvalue weighted by molar-refractivity contribution is 0.0933. The molecule has 156 valence electrons. The van der Waals surface area contributed by atoms with Gasteiger partial charge in [0.25, 0.3) is 5.91 Å². The van der Waals surface area contributed by atoms with Crippen LogP contribution in [0.2, 0.25) is 5.02 Å². The summed E-state index contributed by atoms with van der Waals surface area (Å²) in [4.78, 5) is 18.7. The molecule has 1 aromatic carbocycles. The Balaban J connectivity index is 1.53. The molecule has 5 nitrogen and oxygen atoms in total. The summed E-state index contributed by atoms with van der Waals surface area (Å²) in [5.41, 5.74) is 3.29. The summed E-state index contributed by atoms with van der Waals surface area (Å²) in [6.45, 7) is 4.03.